The number of hydrogen-bond acceptors (Lipinski definition) is 2. The molecule has 3 heteroatoms. The Morgan fingerprint density at radius 2 is 1.67 bits per heavy atom. The number of rotatable bonds is 2. The van der Waals surface area contributed by atoms with Crippen LogP contribution in [-0.2, 0) is 0 Å². The summed E-state index contributed by atoms with van der Waals surface area (Å²) in [5, 5.41) is 14.4. The molecule has 0 atom stereocenters. The van der Waals surface area contributed by atoms with Crippen LogP contribution in [0.25, 0.3) is 0 Å². The van der Waals surface area contributed by atoms with E-state index in [1.165, 1.54) is 0 Å². The molecule has 0 radical (unpaired) electrons. The van der Waals surface area contributed by atoms with Gasteiger partial charge in [-0.2, -0.15) is 5.10 Å². The zero-order valence-corrected chi connectivity index (χ0v) is 11.2. The van der Waals surface area contributed by atoms with Gasteiger partial charge in [0.15, 0.2) is 0 Å². The van der Waals surface area contributed by atoms with Crippen LogP contribution < -0.4 is 0 Å². The third kappa shape index (κ3) is 2.30. The summed E-state index contributed by atoms with van der Waals surface area (Å²) in [4.78, 5) is 0. The van der Waals surface area contributed by atoms with E-state index in [2.05, 4.69) is 5.10 Å². The predicted octanol–water partition coefficient (Wildman–Crippen LogP) is 3.31. The van der Waals surface area contributed by atoms with Gasteiger partial charge in [-0.3, -0.25) is 0 Å². The first kappa shape index (κ1) is 12.4. The third-order valence-electron chi connectivity index (χ3n) is 3.02. The van der Waals surface area contributed by atoms with E-state index in [0.29, 0.717) is 5.75 Å². The molecular formula is C15H18N2O. The number of aromatic hydroxyl groups is 1. The molecule has 1 heterocycles. The van der Waals surface area contributed by atoms with Crippen LogP contribution in [0.2, 0.25) is 0 Å². The Kier molecular flexibility index (Phi) is 3.24. The minimum Gasteiger partial charge on any atom is -0.507 e. The second-order valence-electron chi connectivity index (χ2n) is 4.69. The van der Waals surface area contributed by atoms with Crippen LogP contribution in [0, 0.1) is 27.7 Å². The van der Waals surface area contributed by atoms with Gasteiger partial charge in [0, 0.05) is 17.0 Å². The SMILES string of the molecule is Cc1cc(C)c(O)c(/C=N/n2c(C)ccc2C)c1. The maximum atomic E-state index is 9.99. The van der Waals surface area contributed by atoms with Gasteiger partial charge in [0.25, 0.3) is 0 Å². The highest BCUT2D eigenvalue weighted by Gasteiger charge is 2.04. The molecule has 0 unspecified atom stereocenters. The molecule has 1 aromatic heterocycles. The van der Waals surface area contributed by atoms with Crippen molar-refractivity contribution in [3.8, 4) is 5.75 Å². The summed E-state index contributed by atoms with van der Waals surface area (Å²) in [6.07, 6.45) is 1.70. The van der Waals surface area contributed by atoms with Crippen molar-refractivity contribution >= 4 is 6.21 Å². The van der Waals surface area contributed by atoms with E-state index in [0.717, 1.165) is 28.1 Å². The zero-order chi connectivity index (χ0) is 13.3. The first-order valence-electron chi connectivity index (χ1n) is 5.98. The molecule has 0 fully saturated rings. The smallest absolute Gasteiger partial charge is 0.127 e. The molecule has 94 valence electrons. The Labute approximate surface area is 107 Å². The Balaban J connectivity index is 2.41. The minimum absolute atomic E-state index is 0.298. The van der Waals surface area contributed by atoms with E-state index in [9.17, 15) is 5.11 Å². The predicted molar refractivity (Wildman–Crippen MR) is 74.5 cm³/mol. The summed E-state index contributed by atoms with van der Waals surface area (Å²) in [6.45, 7) is 7.92. The van der Waals surface area contributed by atoms with E-state index >= 15 is 0 Å². The molecule has 2 rings (SSSR count). The third-order valence-corrected chi connectivity index (χ3v) is 3.02. The molecule has 0 bridgehead atoms. The highest BCUT2D eigenvalue weighted by molar-refractivity contribution is 5.84. The fraction of sp³-hybridized carbons (Fsp3) is 0.267. The molecule has 1 N–H and O–H groups in total. The van der Waals surface area contributed by atoms with Gasteiger partial charge in [0.1, 0.15) is 5.75 Å². The lowest BCUT2D eigenvalue weighted by atomic mass is 10.1. The number of phenols is 1. The highest BCUT2D eigenvalue weighted by Crippen LogP contribution is 2.22. The van der Waals surface area contributed by atoms with Crippen molar-refractivity contribution in [1.29, 1.82) is 0 Å². The molecule has 0 amide bonds. The average Bonchev–Trinajstić information content (AvgIpc) is 2.62. The lowest BCUT2D eigenvalue weighted by molar-refractivity contribution is 0.470. The van der Waals surface area contributed by atoms with Crippen molar-refractivity contribution < 1.29 is 5.11 Å². The van der Waals surface area contributed by atoms with E-state index < -0.39 is 0 Å². The number of nitrogens with zero attached hydrogens (tertiary/aromatic N) is 2. The molecule has 0 saturated carbocycles. The van der Waals surface area contributed by atoms with Gasteiger partial charge >= 0.3 is 0 Å². The van der Waals surface area contributed by atoms with Gasteiger partial charge in [-0.15, -0.1) is 0 Å². The van der Waals surface area contributed by atoms with E-state index in [4.69, 9.17) is 0 Å². The van der Waals surface area contributed by atoms with Gasteiger partial charge in [0.05, 0.1) is 6.21 Å². The second kappa shape index (κ2) is 4.69. The van der Waals surface area contributed by atoms with Gasteiger partial charge in [-0.1, -0.05) is 6.07 Å². The quantitative estimate of drug-likeness (QED) is 0.806. The summed E-state index contributed by atoms with van der Waals surface area (Å²) in [7, 11) is 0. The average molecular weight is 242 g/mol. The molecule has 0 aliphatic carbocycles. The molecule has 2 aromatic rings. The van der Waals surface area contributed by atoms with Crippen molar-refractivity contribution in [1.82, 2.24) is 4.68 Å². The molecular weight excluding hydrogens is 224 g/mol. The van der Waals surface area contributed by atoms with Crippen LogP contribution in [0.5, 0.6) is 5.75 Å². The first-order valence-corrected chi connectivity index (χ1v) is 5.98. The molecule has 0 aliphatic rings. The Morgan fingerprint density at radius 1 is 1.06 bits per heavy atom. The standard InChI is InChI=1S/C15H18N2O/c1-10-7-11(2)15(18)14(8-10)9-16-17-12(3)5-6-13(17)4/h5-9,18H,1-4H3/b16-9+. The summed E-state index contributed by atoms with van der Waals surface area (Å²) in [6, 6.07) is 7.93. The largest absolute Gasteiger partial charge is 0.507 e. The normalized spacial score (nSPS) is 11.3. The van der Waals surface area contributed by atoms with Crippen LogP contribution in [0.1, 0.15) is 28.1 Å². The summed E-state index contributed by atoms with van der Waals surface area (Å²) in [5.41, 5.74) is 4.89. The lowest BCUT2D eigenvalue weighted by Crippen LogP contribution is -1.96. The van der Waals surface area contributed by atoms with Crippen LogP contribution >= 0.6 is 0 Å². The molecule has 0 saturated heterocycles. The number of benzene rings is 1. The monoisotopic (exact) mass is 242 g/mol. The molecule has 3 nitrogen and oxygen atoms in total. The van der Waals surface area contributed by atoms with Crippen LogP contribution in [-0.4, -0.2) is 16.0 Å². The van der Waals surface area contributed by atoms with Gasteiger partial charge in [0.2, 0.25) is 0 Å². The Morgan fingerprint density at radius 3 is 2.28 bits per heavy atom. The van der Waals surface area contributed by atoms with Crippen molar-refractivity contribution in [2.24, 2.45) is 5.10 Å². The molecule has 1 aromatic carbocycles. The molecule has 0 spiro atoms. The van der Waals surface area contributed by atoms with Crippen molar-refractivity contribution in [3.63, 3.8) is 0 Å². The Hall–Kier alpha value is -2.03. The minimum atomic E-state index is 0.298. The van der Waals surface area contributed by atoms with E-state index in [1.54, 1.807) is 6.21 Å². The summed E-state index contributed by atoms with van der Waals surface area (Å²) < 4.78 is 1.86. The summed E-state index contributed by atoms with van der Waals surface area (Å²) >= 11 is 0. The van der Waals surface area contributed by atoms with E-state index in [1.807, 2.05) is 56.6 Å². The number of aromatic nitrogens is 1. The lowest BCUT2D eigenvalue weighted by Gasteiger charge is -2.06. The van der Waals surface area contributed by atoms with Gasteiger partial charge in [-0.25, -0.2) is 4.68 Å². The van der Waals surface area contributed by atoms with Crippen LogP contribution in [0.3, 0.4) is 0 Å². The van der Waals surface area contributed by atoms with Crippen molar-refractivity contribution in [3.05, 3.63) is 52.3 Å². The maximum absolute atomic E-state index is 9.99. The fourth-order valence-electron chi connectivity index (χ4n) is 2.05. The molecule has 18 heavy (non-hydrogen) atoms. The van der Waals surface area contributed by atoms with Crippen molar-refractivity contribution in [2.75, 3.05) is 0 Å². The Bertz CT molecular complexity index is 590. The topological polar surface area (TPSA) is 37.5 Å². The first-order chi connectivity index (χ1) is 8.49. The zero-order valence-electron chi connectivity index (χ0n) is 11.2. The van der Waals surface area contributed by atoms with Crippen LogP contribution in [0.15, 0.2) is 29.4 Å². The maximum Gasteiger partial charge on any atom is 0.127 e. The van der Waals surface area contributed by atoms with Crippen molar-refractivity contribution in [2.45, 2.75) is 27.7 Å². The molecule has 0 aliphatic heterocycles. The van der Waals surface area contributed by atoms with Gasteiger partial charge in [-0.05, 0) is 57.0 Å². The number of hydrogen-bond donors (Lipinski definition) is 1. The van der Waals surface area contributed by atoms with Crippen LogP contribution in [0.4, 0.5) is 0 Å². The number of aryl methyl sites for hydroxylation is 4. The summed E-state index contributed by atoms with van der Waals surface area (Å²) in [5.74, 6) is 0.298. The fourth-order valence-corrected chi connectivity index (χ4v) is 2.05. The number of phenolic OH excluding ortho intramolecular Hbond substituents is 1. The highest BCUT2D eigenvalue weighted by atomic mass is 16.3. The van der Waals surface area contributed by atoms with E-state index in [-0.39, 0.29) is 0 Å². The van der Waals surface area contributed by atoms with Gasteiger partial charge < -0.3 is 5.11 Å². The second-order valence-corrected chi connectivity index (χ2v) is 4.69.